The summed E-state index contributed by atoms with van der Waals surface area (Å²) >= 11 is 0. The highest BCUT2D eigenvalue weighted by Gasteiger charge is 2.02. The second-order valence-electron chi connectivity index (χ2n) is 2.89. The van der Waals surface area contributed by atoms with Crippen LogP contribution in [0.3, 0.4) is 0 Å². The van der Waals surface area contributed by atoms with Crippen molar-refractivity contribution >= 4 is 0 Å². The number of hydrogen-bond donors (Lipinski definition) is 0. The Morgan fingerprint density at radius 3 is 2.22 bits per heavy atom. The standard InChI is InChI=1S/C8H11N/c1-8(2,3)6-4-5-7-9/h5H2,1-3H3. The van der Waals surface area contributed by atoms with Gasteiger partial charge in [0.1, 0.15) is 0 Å². The van der Waals surface area contributed by atoms with E-state index in [1.54, 1.807) is 0 Å². The molecule has 0 saturated carbocycles. The van der Waals surface area contributed by atoms with Crippen LogP contribution in [0.5, 0.6) is 0 Å². The summed E-state index contributed by atoms with van der Waals surface area (Å²) in [4.78, 5) is 0. The van der Waals surface area contributed by atoms with E-state index in [2.05, 4.69) is 11.8 Å². The van der Waals surface area contributed by atoms with Crippen LogP contribution < -0.4 is 0 Å². The maximum Gasteiger partial charge on any atom is 0.0963 e. The van der Waals surface area contributed by atoms with Crippen LogP contribution in [0.25, 0.3) is 0 Å². The van der Waals surface area contributed by atoms with E-state index in [9.17, 15) is 0 Å². The summed E-state index contributed by atoms with van der Waals surface area (Å²) in [5, 5.41) is 8.11. The maximum atomic E-state index is 8.11. The Bertz CT molecular complexity index is 167. The molecule has 0 N–H and O–H groups in total. The van der Waals surface area contributed by atoms with Gasteiger partial charge in [0.05, 0.1) is 12.5 Å². The molecule has 0 aliphatic carbocycles. The van der Waals surface area contributed by atoms with Gasteiger partial charge in [0, 0.05) is 5.41 Å². The van der Waals surface area contributed by atoms with Gasteiger partial charge in [0.2, 0.25) is 0 Å². The zero-order valence-electron chi connectivity index (χ0n) is 6.15. The molecule has 0 aromatic heterocycles. The van der Waals surface area contributed by atoms with E-state index in [0.717, 1.165) is 0 Å². The van der Waals surface area contributed by atoms with Crippen LogP contribution in [0.15, 0.2) is 0 Å². The minimum absolute atomic E-state index is 0.0385. The molecule has 0 fully saturated rings. The molecule has 0 rings (SSSR count). The molecule has 0 saturated heterocycles. The first-order chi connectivity index (χ1) is 4.06. The average Bonchev–Trinajstić information content (AvgIpc) is 1.63. The molecule has 0 aliphatic rings. The summed E-state index contributed by atoms with van der Waals surface area (Å²) in [5.74, 6) is 5.71. The van der Waals surface area contributed by atoms with Gasteiger partial charge in [-0.15, -0.1) is 0 Å². The summed E-state index contributed by atoms with van der Waals surface area (Å²) in [7, 11) is 0. The fraction of sp³-hybridized carbons (Fsp3) is 0.625. The van der Waals surface area contributed by atoms with Gasteiger partial charge in [-0.3, -0.25) is 0 Å². The summed E-state index contributed by atoms with van der Waals surface area (Å²) in [6, 6.07) is 1.97. The molecule has 9 heavy (non-hydrogen) atoms. The number of hydrogen-bond acceptors (Lipinski definition) is 1. The van der Waals surface area contributed by atoms with Crippen molar-refractivity contribution < 1.29 is 0 Å². The molecular weight excluding hydrogens is 110 g/mol. The molecule has 0 unspecified atom stereocenters. The predicted molar refractivity (Wildman–Crippen MR) is 37.5 cm³/mol. The first-order valence-corrected chi connectivity index (χ1v) is 2.93. The third kappa shape index (κ3) is 7.05. The third-order valence-corrected chi connectivity index (χ3v) is 0.631. The molecule has 48 valence electrons. The van der Waals surface area contributed by atoms with Crippen molar-refractivity contribution in [3.05, 3.63) is 0 Å². The summed E-state index contributed by atoms with van der Waals surface area (Å²) < 4.78 is 0. The fourth-order valence-electron chi connectivity index (χ4n) is 0.349. The van der Waals surface area contributed by atoms with Crippen LogP contribution in [0.2, 0.25) is 0 Å². The Morgan fingerprint density at radius 2 is 1.89 bits per heavy atom. The van der Waals surface area contributed by atoms with Crippen molar-refractivity contribution in [2.45, 2.75) is 27.2 Å². The number of rotatable bonds is 0. The van der Waals surface area contributed by atoms with Crippen LogP contribution in [0.1, 0.15) is 27.2 Å². The van der Waals surface area contributed by atoms with Crippen LogP contribution in [0, 0.1) is 28.6 Å². The van der Waals surface area contributed by atoms with Crippen molar-refractivity contribution in [3.63, 3.8) is 0 Å². The van der Waals surface area contributed by atoms with Gasteiger partial charge < -0.3 is 0 Å². The van der Waals surface area contributed by atoms with E-state index in [1.807, 2.05) is 26.8 Å². The van der Waals surface area contributed by atoms with Gasteiger partial charge in [-0.1, -0.05) is 11.8 Å². The highest BCUT2D eigenvalue weighted by atomic mass is 14.2. The average molecular weight is 121 g/mol. The van der Waals surface area contributed by atoms with Gasteiger partial charge in [0.25, 0.3) is 0 Å². The molecule has 0 heterocycles. The SMILES string of the molecule is CC(C)(C)C#CCC#N. The van der Waals surface area contributed by atoms with Gasteiger partial charge in [-0.05, 0) is 20.8 Å². The van der Waals surface area contributed by atoms with E-state index in [1.165, 1.54) is 0 Å². The van der Waals surface area contributed by atoms with Crippen LogP contribution in [0.4, 0.5) is 0 Å². The lowest BCUT2D eigenvalue weighted by Gasteiger charge is -2.05. The van der Waals surface area contributed by atoms with E-state index in [0.29, 0.717) is 6.42 Å². The quantitative estimate of drug-likeness (QED) is 0.449. The zero-order chi connectivity index (χ0) is 7.33. The minimum atomic E-state index is 0.0385. The molecule has 0 aliphatic heterocycles. The zero-order valence-corrected chi connectivity index (χ0v) is 6.15. The Balaban J connectivity index is 3.77. The molecule has 1 heteroatoms. The largest absolute Gasteiger partial charge is 0.197 e. The lowest BCUT2D eigenvalue weighted by atomic mass is 9.98. The smallest absolute Gasteiger partial charge is 0.0963 e. The minimum Gasteiger partial charge on any atom is -0.197 e. The third-order valence-electron chi connectivity index (χ3n) is 0.631. The van der Waals surface area contributed by atoms with Crippen molar-refractivity contribution in [1.82, 2.24) is 0 Å². The topological polar surface area (TPSA) is 23.8 Å². The van der Waals surface area contributed by atoms with Crippen molar-refractivity contribution in [2.24, 2.45) is 5.41 Å². The molecule has 0 radical (unpaired) electrons. The maximum absolute atomic E-state index is 8.11. The lowest BCUT2D eigenvalue weighted by molar-refractivity contribution is 0.570. The van der Waals surface area contributed by atoms with Crippen molar-refractivity contribution in [3.8, 4) is 17.9 Å². The Labute approximate surface area is 56.7 Å². The van der Waals surface area contributed by atoms with Crippen LogP contribution >= 0.6 is 0 Å². The van der Waals surface area contributed by atoms with E-state index < -0.39 is 0 Å². The van der Waals surface area contributed by atoms with Crippen molar-refractivity contribution in [2.75, 3.05) is 0 Å². The highest BCUT2D eigenvalue weighted by molar-refractivity contribution is 5.10. The van der Waals surface area contributed by atoms with E-state index in [-0.39, 0.29) is 5.41 Å². The summed E-state index contributed by atoms with van der Waals surface area (Å²) in [6.07, 6.45) is 0.345. The van der Waals surface area contributed by atoms with Gasteiger partial charge in [0.15, 0.2) is 0 Å². The Hall–Kier alpha value is -0.950. The second-order valence-corrected chi connectivity index (χ2v) is 2.89. The van der Waals surface area contributed by atoms with Crippen LogP contribution in [-0.2, 0) is 0 Å². The number of nitrogens with zero attached hydrogens (tertiary/aromatic N) is 1. The van der Waals surface area contributed by atoms with E-state index in [4.69, 9.17) is 5.26 Å². The lowest BCUT2D eigenvalue weighted by Crippen LogP contribution is -1.98. The second kappa shape index (κ2) is 3.15. The molecule has 0 aromatic rings. The molecule has 1 nitrogen and oxygen atoms in total. The normalized spacial score (nSPS) is 9.11. The molecular formula is C8H11N. The number of nitriles is 1. The van der Waals surface area contributed by atoms with Gasteiger partial charge in [-0.25, -0.2) is 0 Å². The first kappa shape index (κ1) is 8.05. The molecule has 0 bridgehead atoms. The summed E-state index contributed by atoms with van der Waals surface area (Å²) in [6.45, 7) is 6.08. The Morgan fingerprint density at radius 1 is 1.33 bits per heavy atom. The van der Waals surface area contributed by atoms with Gasteiger partial charge >= 0.3 is 0 Å². The fourth-order valence-corrected chi connectivity index (χ4v) is 0.349. The summed E-state index contributed by atoms with van der Waals surface area (Å²) in [5.41, 5.74) is 0.0385. The predicted octanol–water partition coefficient (Wildman–Crippen LogP) is 1.95. The monoisotopic (exact) mass is 121 g/mol. The Kier molecular flexibility index (Phi) is 2.82. The van der Waals surface area contributed by atoms with Gasteiger partial charge in [-0.2, -0.15) is 5.26 Å². The first-order valence-electron chi connectivity index (χ1n) is 2.93. The van der Waals surface area contributed by atoms with Crippen LogP contribution in [-0.4, -0.2) is 0 Å². The highest BCUT2D eigenvalue weighted by Crippen LogP contribution is 2.09. The molecule has 0 amide bonds. The van der Waals surface area contributed by atoms with E-state index >= 15 is 0 Å². The van der Waals surface area contributed by atoms with Crippen molar-refractivity contribution in [1.29, 1.82) is 5.26 Å². The molecule has 0 atom stereocenters. The molecule has 0 aromatic carbocycles. The molecule has 0 spiro atoms.